The summed E-state index contributed by atoms with van der Waals surface area (Å²) >= 11 is 0. The summed E-state index contributed by atoms with van der Waals surface area (Å²) in [5.74, 6) is 0. The Kier molecular flexibility index (Phi) is 3.41. The Hall–Kier alpha value is -1.94. The van der Waals surface area contributed by atoms with E-state index < -0.39 is 8.07 Å². The minimum absolute atomic E-state index is 0.770. The molecule has 0 saturated carbocycles. The zero-order valence-corrected chi connectivity index (χ0v) is 14.1. The van der Waals surface area contributed by atoms with Crippen molar-refractivity contribution in [3.05, 3.63) is 53.6 Å². The number of aromatic nitrogens is 3. The third-order valence-corrected chi connectivity index (χ3v) is 5.75. The lowest BCUT2D eigenvalue weighted by molar-refractivity contribution is 0.670. The van der Waals surface area contributed by atoms with Gasteiger partial charge in [-0.3, -0.25) is 0 Å². The van der Waals surface area contributed by atoms with Crippen LogP contribution in [0.25, 0.3) is 11.0 Å². The molecule has 0 saturated heterocycles. The van der Waals surface area contributed by atoms with Crippen molar-refractivity contribution in [2.45, 2.75) is 33.1 Å². The average molecular weight is 295 g/mol. The fourth-order valence-electron chi connectivity index (χ4n) is 2.65. The zero-order chi connectivity index (χ0) is 15.0. The first kappa shape index (κ1) is 14.0. The van der Waals surface area contributed by atoms with Gasteiger partial charge in [-0.05, 0) is 29.3 Å². The highest BCUT2D eigenvalue weighted by Crippen LogP contribution is 2.17. The second-order valence-electron chi connectivity index (χ2n) is 6.66. The highest BCUT2D eigenvalue weighted by molar-refractivity contribution is 6.90. The first-order chi connectivity index (χ1) is 9.95. The van der Waals surface area contributed by atoms with Crippen LogP contribution in [-0.4, -0.2) is 23.1 Å². The van der Waals surface area contributed by atoms with Crippen molar-refractivity contribution in [2.75, 3.05) is 0 Å². The van der Waals surface area contributed by atoms with Gasteiger partial charge in [0.15, 0.2) is 0 Å². The molecule has 108 valence electrons. The van der Waals surface area contributed by atoms with Crippen molar-refractivity contribution in [3.63, 3.8) is 0 Å². The molecule has 3 aromatic rings. The molecule has 0 N–H and O–H groups in total. The third kappa shape index (κ3) is 2.76. The molecule has 21 heavy (non-hydrogen) atoms. The smallest absolute Gasteiger partial charge is 0.112 e. The first-order valence-electron chi connectivity index (χ1n) is 7.33. The minimum Gasteiger partial charge on any atom is -0.240 e. The van der Waals surface area contributed by atoms with Gasteiger partial charge in [0.2, 0.25) is 0 Å². The maximum absolute atomic E-state index is 4.47. The Morgan fingerprint density at radius 1 is 1.05 bits per heavy atom. The van der Waals surface area contributed by atoms with Crippen molar-refractivity contribution < 1.29 is 0 Å². The lowest BCUT2D eigenvalue weighted by Gasteiger charge is -2.17. The fraction of sp³-hybridized carbons (Fsp3) is 0.294. The average Bonchev–Trinajstić information content (AvgIpc) is 2.81. The first-order valence-corrected chi connectivity index (χ1v) is 10.8. The number of benzene rings is 2. The molecule has 0 fully saturated rings. The van der Waals surface area contributed by atoms with E-state index in [1.54, 1.807) is 0 Å². The van der Waals surface area contributed by atoms with Crippen LogP contribution in [-0.2, 0) is 6.54 Å². The number of aryl methyl sites for hydroxylation is 1. The molecule has 0 amide bonds. The van der Waals surface area contributed by atoms with Crippen LogP contribution in [0.15, 0.2) is 42.5 Å². The summed E-state index contributed by atoms with van der Waals surface area (Å²) in [4.78, 5) is 0. The quantitative estimate of drug-likeness (QED) is 0.694. The second kappa shape index (κ2) is 5.11. The van der Waals surface area contributed by atoms with Gasteiger partial charge in [0, 0.05) is 0 Å². The Morgan fingerprint density at radius 3 is 2.43 bits per heavy atom. The standard InChI is InChI=1S/C17H21N3Si/c1-13-10-15-17(16(11-13)21(2,3)4)18-19-20(15)12-14-8-6-5-7-9-14/h5-11H,12H2,1-4H3. The maximum Gasteiger partial charge on any atom is 0.112 e. The summed E-state index contributed by atoms with van der Waals surface area (Å²) in [6.07, 6.45) is 0. The van der Waals surface area contributed by atoms with Gasteiger partial charge in [-0.2, -0.15) is 0 Å². The van der Waals surface area contributed by atoms with Gasteiger partial charge in [0.1, 0.15) is 5.52 Å². The van der Waals surface area contributed by atoms with Gasteiger partial charge in [-0.25, -0.2) is 4.68 Å². The van der Waals surface area contributed by atoms with Crippen LogP contribution in [0, 0.1) is 6.92 Å². The second-order valence-corrected chi connectivity index (χ2v) is 11.7. The molecule has 0 aliphatic rings. The van der Waals surface area contributed by atoms with Crippen LogP contribution in [0.3, 0.4) is 0 Å². The fourth-order valence-corrected chi connectivity index (χ4v) is 4.20. The molecule has 1 aromatic heterocycles. The summed E-state index contributed by atoms with van der Waals surface area (Å²) in [5, 5.41) is 10.3. The summed E-state index contributed by atoms with van der Waals surface area (Å²) in [6.45, 7) is 10.0. The molecule has 0 aliphatic carbocycles. The number of fused-ring (bicyclic) bond motifs is 1. The van der Waals surface area contributed by atoms with E-state index in [-0.39, 0.29) is 0 Å². The van der Waals surface area contributed by atoms with Gasteiger partial charge in [0.05, 0.1) is 20.1 Å². The molecule has 2 aromatic carbocycles. The van der Waals surface area contributed by atoms with Crippen molar-refractivity contribution in [1.29, 1.82) is 0 Å². The lowest BCUT2D eigenvalue weighted by Crippen LogP contribution is -2.38. The minimum atomic E-state index is -1.42. The van der Waals surface area contributed by atoms with Crippen LogP contribution >= 0.6 is 0 Å². The van der Waals surface area contributed by atoms with Crippen molar-refractivity contribution in [3.8, 4) is 0 Å². The predicted molar refractivity (Wildman–Crippen MR) is 90.8 cm³/mol. The van der Waals surface area contributed by atoms with Crippen LogP contribution < -0.4 is 5.19 Å². The molecular weight excluding hydrogens is 274 g/mol. The summed E-state index contributed by atoms with van der Waals surface area (Å²) < 4.78 is 2.02. The van der Waals surface area contributed by atoms with E-state index >= 15 is 0 Å². The lowest BCUT2D eigenvalue weighted by atomic mass is 10.2. The van der Waals surface area contributed by atoms with Gasteiger partial charge in [0.25, 0.3) is 0 Å². The topological polar surface area (TPSA) is 30.7 Å². The highest BCUT2D eigenvalue weighted by atomic mass is 28.3. The Labute approximate surface area is 126 Å². The van der Waals surface area contributed by atoms with Gasteiger partial charge in [-0.1, -0.05) is 61.3 Å². The molecule has 0 atom stereocenters. The van der Waals surface area contributed by atoms with Crippen LogP contribution in [0.1, 0.15) is 11.1 Å². The Morgan fingerprint density at radius 2 is 1.76 bits per heavy atom. The summed E-state index contributed by atoms with van der Waals surface area (Å²) in [5.41, 5.74) is 4.77. The van der Waals surface area contributed by atoms with E-state index in [9.17, 15) is 0 Å². The van der Waals surface area contributed by atoms with E-state index in [2.05, 4.69) is 73.3 Å². The number of rotatable bonds is 3. The molecule has 0 radical (unpaired) electrons. The largest absolute Gasteiger partial charge is 0.240 e. The zero-order valence-electron chi connectivity index (χ0n) is 13.1. The van der Waals surface area contributed by atoms with Crippen LogP contribution in [0.2, 0.25) is 19.6 Å². The number of hydrogen-bond donors (Lipinski definition) is 0. The van der Waals surface area contributed by atoms with Crippen LogP contribution in [0.4, 0.5) is 0 Å². The molecule has 1 heterocycles. The van der Waals surface area contributed by atoms with E-state index in [1.165, 1.54) is 16.3 Å². The van der Waals surface area contributed by atoms with Crippen molar-refractivity contribution in [2.24, 2.45) is 0 Å². The summed E-state index contributed by atoms with van der Waals surface area (Å²) in [6, 6.07) is 14.9. The summed E-state index contributed by atoms with van der Waals surface area (Å²) in [7, 11) is -1.42. The molecular formula is C17H21N3Si. The monoisotopic (exact) mass is 295 g/mol. The molecule has 3 rings (SSSR count). The van der Waals surface area contributed by atoms with E-state index in [1.807, 2.05) is 10.7 Å². The Bertz CT molecular complexity index is 770. The van der Waals surface area contributed by atoms with E-state index in [0.717, 1.165) is 17.6 Å². The third-order valence-electron chi connectivity index (χ3n) is 3.75. The molecule has 0 aliphatic heterocycles. The maximum atomic E-state index is 4.47. The molecule has 3 nitrogen and oxygen atoms in total. The SMILES string of the molecule is Cc1cc([Si](C)(C)C)c2nnn(Cc3ccccc3)c2c1. The van der Waals surface area contributed by atoms with E-state index in [0.29, 0.717) is 0 Å². The van der Waals surface area contributed by atoms with Crippen molar-refractivity contribution in [1.82, 2.24) is 15.0 Å². The molecule has 0 spiro atoms. The van der Waals surface area contributed by atoms with Gasteiger partial charge < -0.3 is 0 Å². The Balaban J connectivity index is 2.12. The predicted octanol–water partition coefficient (Wildman–Crippen LogP) is 3.33. The number of nitrogens with zero attached hydrogens (tertiary/aromatic N) is 3. The molecule has 0 unspecified atom stereocenters. The molecule has 0 bridgehead atoms. The highest BCUT2D eigenvalue weighted by Gasteiger charge is 2.22. The van der Waals surface area contributed by atoms with Crippen LogP contribution in [0.5, 0.6) is 0 Å². The van der Waals surface area contributed by atoms with Crippen molar-refractivity contribution >= 4 is 24.3 Å². The van der Waals surface area contributed by atoms with Gasteiger partial charge >= 0.3 is 0 Å². The van der Waals surface area contributed by atoms with E-state index in [4.69, 9.17) is 0 Å². The van der Waals surface area contributed by atoms with Gasteiger partial charge in [-0.15, -0.1) is 5.10 Å². The molecule has 4 heteroatoms. The normalized spacial score (nSPS) is 12.0. The number of hydrogen-bond acceptors (Lipinski definition) is 2.